The van der Waals surface area contributed by atoms with E-state index in [1.165, 1.54) is 18.2 Å². The highest BCUT2D eigenvalue weighted by molar-refractivity contribution is 6.08. The third kappa shape index (κ3) is 4.05. The van der Waals surface area contributed by atoms with Gasteiger partial charge in [0.2, 0.25) is 11.9 Å². The topological polar surface area (TPSA) is 123 Å². The number of ether oxygens (including phenoxy) is 2. The fourth-order valence-electron chi connectivity index (χ4n) is 3.06. The van der Waals surface area contributed by atoms with E-state index >= 15 is 0 Å². The monoisotopic (exact) mass is 376 g/mol. The van der Waals surface area contributed by atoms with E-state index < -0.39 is 28.8 Å². The van der Waals surface area contributed by atoms with Gasteiger partial charge >= 0.3 is 5.97 Å². The number of carbonyl (C=O) groups excluding carboxylic acids is 2. The van der Waals surface area contributed by atoms with E-state index in [0.717, 1.165) is 0 Å². The zero-order chi connectivity index (χ0) is 19.4. The summed E-state index contributed by atoms with van der Waals surface area (Å²) >= 11 is 0. The number of nitro groups is 1. The maximum Gasteiger partial charge on any atom is 0.321 e. The van der Waals surface area contributed by atoms with Gasteiger partial charge in [-0.15, -0.1) is 0 Å². The smallest absolute Gasteiger partial charge is 0.321 e. The number of benzene rings is 1. The summed E-state index contributed by atoms with van der Waals surface area (Å²) in [7, 11) is 0. The lowest BCUT2D eigenvalue weighted by Gasteiger charge is -2.35. The van der Waals surface area contributed by atoms with Gasteiger partial charge in [-0.3, -0.25) is 25.0 Å². The van der Waals surface area contributed by atoms with E-state index in [9.17, 15) is 19.7 Å². The van der Waals surface area contributed by atoms with Crippen molar-refractivity contribution >= 4 is 23.5 Å². The Hall–Kier alpha value is -3.01. The summed E-state index contributed by atoms with van der Waals surface area (Å²) in [6.07, 6.45) is 0. The molecule has 10 heteroatoms. The molecule has 2 aliphatic rings. The normalized spacial score (nSPS) is 22.6. The predicted molar refractivity (Wildman–Crippen MR) is 93.9 cm³/mol. The molecule has 0 radical (unpaired) electrons. The van der Waals surface area contributed by atoms with Crippen LogP contribution in [-0.2, 0) is 19.1 Å². The predicted octanol–water partition coefficient (Wildman–Crippen LogP) is 0.633. The van der Waals surface area contributed by atoms with Gasteiger partial charge in [0, 0.05) is 25.2 Å². The van der Waals surface area contributed by atoms with Crippen LogP contribution in [0.1, 0.15) is 18.5 Å². The van der Waals surface area contributed by atoms with Crippen LogP contribution >= 0.6 is 0 Å². The van der Waals surface area contributed by atoms with Crippen molar-refractivity contribution in [2.45, 2.75) is 13.0 Å². The highest BCUT2D eigenvalue weighted by atomic mass is 16.6. The van der Waals surface area contributed by atoms with Crippen molar-refractivity contribution in [3.8, 4) is 0 Å². The van der Waals surface area contributed by atoms with E-state index in [0.29, 0.717) is 37.8 Å². The Balaban J connectivity index is 2.01. The highest BCUT2D eigenvalue weighted by Gasteiger charge is 2.42. The van der Waals surface area contributed by atoms with Crippen LogP contribution in [0.3, 0.4) is 0 Å². The van der Waals surface area contributed by atoms with Crippen LogP contribution < -0.4 is 5.32 Å². The second-order valence-electron chi connectivity index (χ2n) is 6.07. The Morgan fingerprint density at radius 2 is 2.19 bits per heavy atom. The van der Waals surface area contributed by atoms with Crippen LogP contribution in [0.2, 0.25) is 0 Å². The summed E-state index contributed by atoms with van der Waals surface area (Å²) in [6, 6.07) is 4.89. The van der Waals surface area contributed by atoms with Crippen LogP contribution in [0.15, 0.2) is 29.3 Å². The Bertz CT molecular complexity index is 774. The third-order valence-electron chi connectivity index (χ3n) is 4.37. The van der Waals surface area contributed by atoms with Gasteiger partial charge < -0.3 is 14.4 Å². The fraction of sp³-hybridized carbons (Fsp3) is 0.471. The fourth-order valence-corrected chi connectivity index (χ4v) is 3.06. The Labute approximate surface area is 155 Å². The Morgan fingerprint density at radius 3 is 2.85 bits per heavy atom. The van der Waals surface area contributed by atoms with E-state index in [-0.39, 0.29) is 12.3 Å². The number of morpholine rings is 1. The number of carbonyl (C=O) groups is 2. The van der Waals surface area contributed by atoms with E-state index in [1.54, 1.807) is 13.0 Å². The number of hydrogen-bond acceptors (Lipinski definition) is 8. The lowest BCUT2D eigenvalue weighted by atomic mass is 9.91. The van der Waals surface area contributed by atoms with Gasteiger partial charge in [0.1, 0.15) is 6.04 Å². The quantitative estimate of drug-likeness (QED) is 0.354. The largest absolute Gasteiger partial charge is 0.465 e. The van der Waals surface area contributed by atoms with E-state index in [2.05, 4.69) is 10.3 Å². The molecule has 2 unspecified atom stereocenters. The van der Waals surface area contributed by atoms with Gasteiger partial charge in [-0.2, -0.15) is 0 Å². The summed E-state index contributed by atoms with van der Waals surface area (Å²) in [5.74, 6) is -2.13. The number of aliphatic imine (C=N–C) groups is 1. The van der Waals surface area contributed by atoms with Crippen molar-refractivity contribution in [1.82, 2.24) is 10.2 Å². The van der Waals surface area contributed by atoms with Gasteiger partial charge in [-0.05, 0) is 12.5 Å². The molecule has 0 aliphatic carbocycles. The molecule has 2 atom stereocenters. The maximum absolute atomic E-state index is 12.7. The summed E-state index contributed by atoms with van der Waals surface area (Å²) in [6.45, 7) is 3.85. The molecule has 1 N–H and O–H groups in total. The molecule has 1 aromatic rings. The molecule has 1 aromatic carbocycles. The summed E-state index contributed by atoms with van der Waals surface area (Å²) in [5.41, 5.74) is 0.270. The molecule has 0 saturated carbocycles. The van der Waals surface area contributed by atoms with Crippen molar-refractivity contribution in [2.75, 3.05) is 32.9 Å². The average molecular weight is 376 g/mol. The van der Waals surface area contributed by atoms with Crippen LogP contribution in [0, 0.1) is 16.0 Å². The summed E-state index contributed by atoms with van der Waals surface area (Å²) < 4.78 is 10.3. The van der Waals surface area contributed by atoms with Crippen molar-refractivity contribution < 1.29 is 24.0 Å². The van der Waals surface area contributed by atoms with E-state index in [1.807, 2.05) is 4.90 Å². The maximum atomic E-state index is 12.7. The van der Waals surface area contributed by atoms with Crippen molar-refractivity contribution in [3.05, 3.63) is 39.9 Å². The molecule has 0 spiro atoms. The molecule has 10 nitrogen and oxygen atoms in total. The summed E-state index contributed by atoms with van der Waals surface area (Å²) in [5, 5.41) is 13.8. The number of nitro benzene ring substituents is 1. The van der Waals surface area contributed by atoms with Gasteiger partial charge in [0.15, 0.2) is 5.92 Å². The Kier molecular flexibility index (Phi) is 5.65. The Morgan fingerprint density at radius 1 is 1.44 bits per heavy atom. The van der Waals surface area contributed by atoms with Gasteiger partial charge in [-0.1, -0.05) is 12.1 Å². The molecule has 0 aromatic heterocycles. The number of non-ortho nitro benzene ring substituents is 1. The minimum absolute atomic E-state index is 0.115. The molecule has 144 valence electrons. The van der Waals surface area contributed by atoms with Gasteiger partial charge in [-0.25, -0.2) is 4.99 Å². The first-order valence-corrected chi connectivity index (χ1v) is 8.63. The second kappa shape index (κ2) is 8.12. The minimum atomic E-state index is -1.21. The molecular weight excluding hydrogens is 356 g/mol. The van der Waals surface area contributed by atoms with Crippen molar-refractivity contribution in [2.24, 2.45) is 10.9 Å². The highest BCUT2D eigenvalue weighted by Crippen LogP contribution is 2.32. The molecule has 3 rings (SSSR count). The molecule has 1 fully saturated rings. The van der Waals surface area contributed by atoms with Crippen molar-refractivity contribution in [3.63, 3.8) is 0 Å². The zero-order valence-electron chi connectivity index (χ0n) is 14.8. The first-order valence-electron chi connectivity index (χ1n) is 8.63. The molecule has 27 heavy (non-hydrogen) atoms. The van der Waals surface area contributed by atoms with Crippen LogP contribution in [0.5, 0.6) is 0 Å². The molecule has 1 saturated heterocycles. The molecular formula is C17H20N4O6. The number of esters is 1. The zero-order valence-corrected chi connectivity index (χ0v) is 14.8. The number of guanidine groups is 1. The number of rotatable bonds is 4. The van der Waals surface area contributed by atoms with Gasteiger partial charge in [0.25, 0.3) is 5.69 Å². The van der Waals surface area contributed by atoms with E-state index in [4.69, 9.17) is 9.47 Å². The molecule has 0 bridgehead atoms. The first-order chi connectivity index (χ1) is 13.0. The van der Waals surface area contributed by atoms with Crippen LogP contribution in [-0.4, -0.2) is 60.6 Å². The number of nitrogens with one attached hydrogen (secondary N) is 1. The average Bonchev–Trinajstić information content (AvgIpc) is 2.68. The first kappa shape index (κ1) is 18.8. The SMILES string of the molecule is CCOC(=O)C1C(=O)NC(N2CCOCC2)=NC1c1cccc([N+](=O)[O-])c1. The van der Waals surface area contributed by atoms with Crippen LogP contribution in [0.4, 0.5) is 5.69 Å². The molecule has 2 heterocycles. The minimum Gasteiger partial charge on any atom is -0.465 e. The molecule has 1 amide bonds. The van der Waals surface area contributed by atoms with Gasteiger partial charge in [0.05, 0.1) is 24.7 Å². The number of nitrogens with zero attached hydrogens (tertiary/aromatic N) is 3. The lowest BCUT2D eigenvalue weighted by Crippen LogP contribution is -2.55. The second-order valence-corrected chi connectivity index (χ2v) is 6.07. The number of amides is 1. The third-order valence-corrected chi connectivity index (χ3v) is 4.37. The van der Waals surface area contributed by atoms with Crippen LogP contribution in [0.25, 0.3) is 0 Å². The van der Waals surface area contributed by atoms with Crippen molar-refractivity contribution in [1.29, 1.82) is 0 Å². The standard InChI is InChI=1S/C17H20N4O6/c1-2-27-16(23)13-14(11-4-3-5-12(10-11)21(24)25)18-17(19-15(13)22)20-6-8-26-9-7-20/h3-5,10,13-14H,2,6-9H2,1H3,(H,18,19,22). The number of hydrogen-bond donors (Lipinski definition) is 1. The summed E-state index contributed by atoms with van der Waals surface area (Å²) in [4.78, 5) is 42.0. The molecule has 2 aliphatic heterocycles. The lowest BCUT2D eigenvalue weighted by molar-refractivity contribution is -0.384.